The highest BCUT2D eigenvalue weighted by Gasteiger charge is 2.27. The number of hydrogen-bond acceptors (Lipinski definition) is 8. The molecule has 1 aliphatic heterocycles. The predicted octanol–water partition coefficient (Wildman–Crippen LogP) is 3.11. The van der Waals surface area contributed by atoms with Gasteiger partial charge in [-0.15, -0.1) is 12.4 Å². The second kappa shape index (κ2) is 10.8. The maximum absolute atomic E-state index is 13.6. The Labute approximate surface area is 203 Å². The van der Waals surface area contributed by atoms with Crippen LogP contribution in [0, 0.1) is 0 Å². The van der Waals surface area contributed by atoms with Crippen LogP contribution in [0.2, 0.25) is 0 Å². The molecule has 4 rings (SSSR count). The molecule has 1 amide bonds. The van der Waals surface area contributed by atoms with Crippen LogP contribution in [0.4, 0.5) is 5.13 Å². The summed E-state index contributed by atoms with van der Waals surface area (Å²) in [5, 5.41) is 0.523. The standard InChI is InChI=1S/C22H25N3O5S2.ClH/c1-29-16-7-8-18-19(15-16)31-22(23-18)25(10-9-24-11-13-30-14-12-24)21(26)17-5-3-4-6-20(17)32(2,27)28;/h3-8,15H,9-14H2,1-2H3;1H. The van der Waals surface area contributed by atoms with Gasteiger partial charge >= 0.3 is 0 Å². The van der Waals surface area contributed by atoms with Crippen molar-refractivity contribution in [2.75, 3.05) is 57.7 Å². The number of rotatable bonds is 7. The van der Waals surface area contributed by atoms with E-state index in [-0.39, 0.29) is 28.8 Å². The number of fused-ring (bicyclic) bond motifs is 1. The van der Waals surface area contributed by atoms with Crippen molar-refractivity contribution in [3.05, 3.63) is 48.0 Å². The maximum atomic E-state index is 13.6. The lowest BCUT2D eigenvalue weighted by molar-refractivity contribution is 0.0391. The largest absolute Gasteiger partial charge is 0.497 e. The fourth-order valence-corrected chi connectivity index (χ4v) is 5.50. The highest BCUT2D eigenvalue weighted by Crippen LogP contribution is 2.32. The third-order valence-electron chi connectivity index (χ3n) is 5.32. The number of carbonyl (C=O) groups excluding carboxylic acids is 1. The molecule has 1 fully saturated rings. The van der Waals surface area contributed by atoms with Crippen LogP contribution >= 0.6 is 23.7 Å². The molecular weight excluding hydrogens is 486 g/mol. The second-order valence-electron chi connectivity index (χ2n) is 7.51. The molecular formula is C22H26ClN3O5S2. The summed E-state index contributed by atoms with van der Waals surface area (Å²) in [6.45, 7) is 3.92. The Morgan fingerprint density at radius 2 is 1.94 bits per heavy atom. The molecule has 11 heteroatoms. The number of sulfone groups is 1. The number of nitrogens with zero attached hydrogens (tertiary/aromatic N) is 3. The number of carbonyl (C=O) groups is 1. The van der Waals surface area contributed by atoms with Crippen LogP contribution in [0.1, 0.15) is 10.4 Å². The first-order valence-corrected chi connectivity index (χ1v) is 12.9. The first-order chi connectivity index (χ1) is 15.4. The van der Waals surface area contributed by atoms with Crippen LogP contribution in [-0.4, -0.2) is 77.0 Å². The van der Waals surface area contributed by atoms with E-state index in [0.29, 0.717) is 37.2 Å². The molecule has 8 nitrogen and oxygen atoms in total. The van der Waals surface area contributed by atoms with E-state index in [0.717, 1.165) is 29.6 Å². The van der Waals surface area contributed by atoms with Gasteiger partial charge in [0.25, 0.3) is 5.91 Å². The number of anilines is 1. The van der Waals surface area contributed by atoms with Crippen LogP contribution < -0.4 is 9.64 Å². The number of amides is 1. The lowest BCUT2D eigenvalue weighted by Gasteiger charge is -2.29. The van der Waals surface area contributed by atoms with E-state index in [1.807, 2.05) is 18.2 Å². The monoisotopic (exact) mass is 511 g/mol. The highest BCUT2D eigenvalue weighted by molar-refractivity contribution is 7.90. The molecule has 33 heavy (non-hydrogen) atoms. The van der Waals surface area contributed by atoms with E-state index in [2.05, 4.69) is 9.88 Å². The first-order valence-electron chi connectivity index (χ1n) is 10.2. The number of ether oxygens (including phenoxy) is 2. The third-order valence-corrected chi connectivity index (χ3v) is 7.52. The Hall–Kier alpha value is -2.24. The minimum Gasteiger partial charge on any atom is -0.497 e. The van der Waals surface area contributed by atoms with Gasteiger partial charge in [-0.05, 0) is 30.3 Å². The molecule has 0 saturated carbocycles. The molecule has 1 saturated heterocycles. The van der Waals surface area contributed by atoms with Crippen molar-refractivity contribution >= 4 is 54.8 Å². The molecule has 0 bridgehead atoms. The number of aromatic nitrogens is 1. The number of benzene rings is 2. The van der Waals surface area contributed by atoms with Crippen LogP contribution in [0.3, 0.4) is 0 Å². The molecule has 2 heterocycles. The number of methoxy groups -OCH3 is 1. The summed E-state index contributed by atoms with van der Waals surface area (Å²) in [5.41, 5.74) is 0.903. The Bertz CT molecular complexity index is 1230. The number of hydrogen-bond donors (Lipinski definition) is 0. The Balaban J connectivity index is 0.00000306. The Kier molecular flexibility index (Phi) is 8.30. The molecule has 178 valence electrons. The van der Waals surface area contributed by atoms with Gasteiger partial charge in [0.1, 0.15) is 5.75 Å². The molecule has 3 aromatic rings. The molecule has 0 unspecified atom stereocenters. The average molecular weight is 512 g/mol. The van der Waals surface area contributed by atoms with Crippen molar-refractivity contribution < 1.29 is 22.7 Å². The van der Waals surface area contributed by atoms with Gasteiger partial charge in [-0.3, -0.25) is 14.6 Å². The molecule has 0 atom stereocenters. The summed E-state index contributed by atoms with van der Waals surface area (Å²) in [7, 11) is -1.97. The molecule has 0 N–H and O–H groups in total. The number of halogens is 1. The lowest BCUT2D eigenvalue weighted by atomic mass is 10.2. The summed E-state index contributed by atoms with van der Waals surface area (Å²) in [5.74, 6) is 0.326. The molecule has 2 aromatic carbocycles. The van der Waals surface area contributed by atoms with Crippen molar-refractivity contribution in [3.63, 3.8) is 0 Å². The number of morpholine rings is 1. The molecule has 0 spiro atoms. The zero-order valence-corrected chi connectivity index (χ0v) is 20.8. The topological polar surface area (TPSA) is 89.0 Å². The van der Waals surface area contributed by atoms with Gasteiger partial charge in [-0.2, -0.15) is 0 Å². The summed E-state index contributed by atoms with van der Waals surface area (Å²) in [6.07, 6.45) is 1.11. The van der Waals surface area contributed by atoms with Gasteiger partial charge in [0.15, 0.2) is 15.0 Å². The van der Waals surface area contributed by atoms with E-state index in [9.17, 15) is 13.2 Å². The fourth-order valence-electron chi connectivity index (χ4n) is 3.60. The van der Waals surface area contributed by atoms with Crippen LogP contribution in [0.5, 0.6) is 5.75 Å². The fraction of sp³-hybridized carbons (Fsp3) is 0.364. The van der Waals surface area contributed by atoms with Crippen LogP contribution in [0.25, 0.3) is 10.2 Å². The Morgan fingerprint density at radius 1 is 1.21 bits per heavy atom. The normalized spacial score (nSPS) is 14.6. The van der Waals surface area contributed by atoms with Gasteiger partial charge in [0, 0.05) is 32.4 Å². The van der Waals surface area contributed by atoms with Gasteiger partial charge in [-0.1, -0.05) is 23.5 Å². The zero-order chi connectivity index (χ0) is 22.7. The van der Waals surface area contributed by atoms with Crippen molar-refractivity contribution in [1.82, 2.24) is 9.88 Å². The van der Waals surface area contributed by atoms with Crippen LogP contribution in [0.15, 0.2) is 47.4 Å². The van der Waals surface area contributed by atoms with Crippen molar-refractivity contribution in [3.8, 4) is 5.75 Å². The summed E-state index contributed by atoms with van der Waals surface area (Å²) >= 11 is 1.38. The zero-order valence-electron chi connectivity index (χ0n) is 18.4. The third kappa shape index (κ3) is 5.82. The first kappa shape index (κ1) is 25.4. The van der Waals surface area contributed by atoms with Gasteiger partial charge in [-0.25, -0.2) is 13.4 Å². The van der Waals surface area contributed by atoms with E-state index in [1.165, 1.54) is 17.4 Å². The van der Waals surface area contributed by atoms with Crippen molar-refractivity contribution in [2.45, 2.75) is 4.90 Å². The molecule has 1 aromatic heterocycles. The SMILES string of the molecule is COc1ccc2nc(N(CCN3CCOCC3)C(=O)c3ccccc3S(C)(=O)=O)sc2c1.Cl. The highest BCUT2D eigenvalue weighted by atomic mass is 35.5. The van der Waals surface area contributed by atoms with E-state index >= 15 is 0 Å². The maximum Gasteiger partial charge on any atom is 0.261 e. The molecule has 1 aliphatic rings. The van der Waals surface area contributed by atoms with Gasteiger partial charge in [0.2, 0.25) is 0 Å². The number of thiazole rings is 1. The smallest absolute Gasteiger partial charge is 0.261 e. The molecule has 0 radical (unpaired) electrons. The second-order valence-corrected chi connectivity index (χ2v) is 10.5. The van der Waals surface area contributed by atoms with Crippen molar-refractivity contribution in [1.29, 1.82) is 0 Å². The van der Waals surface area contributed by atoms with E-state index < -0.39 is 9.84 Å². The quantitative estimate of drug-likeness (QED) is 0.481. The molecule has 0 aliphatic carbocycles. The van der Waals surface area contributed by atoms with E-state index in [1.54, 1.807) is 30.2 Å². The summed E-state index contributed by atoms with van der Waals surface area (Å²) in [4.78, 5) is 22.1. The Morgan fingerprint density at radius 3 is 2.64 bits per heavy atom. The summed E-state index contributed by atoms with van der Waals surface area (Å²) < 4.78 is 36.2. The van der Waals surface area contributed by atoms with E-state index in [4.69, 9.17) is 9.47 Å². The lowest BCUT2D eigenvalue weighted by Crippen LogP contribution is -2.43. The van der Waals surface area contributed by atoms with Crippen LogP contribution in [-0.2, 0) is 14.6 Å². The minimum atomic E-state index is -3.57. The van der Waals surface area contributed by atoms with Crippen molar-refractivity contribution in [2.24, 2.45) is 0 Å². The predicted molar refractivity (Wildman–Crippen MR) is 132 cm³/mol. The van der Waals surface area contributed by atoms with Gasteiger partial charge in [0.05, 0.1) is 41.0 Å². The van der Waals surface area contributed by atoms with Gasteiger partial charge < -0.3 is 9.47 Å². The summed E-state index contributed by atoms with van der Waals surface area (Å²) in [6, 6.07) is 11.9. The average Bonchev–Trinajstić information content (AvgIpc) is 3.22. The minimum absolute atomic E-state index is 0.